The van der Waals surface area contributed by atoms with E-state index in [0.29, 0.717) is 0 Å². The van der Waals surface area contributed by atoms with Crippen molar-refractivity contribution in [2.75, 3.05) is 51.2 Å². The van der Waals surface area contributed by atoms with E-state index in [1.54, 1.807) is 6.20 Å². The zero-order valence-corrected chi connectivity index (χ0v) is 21.4. The van der Waals surface area contributed by atoms with E-state index in [-0.39, 0.29) is 6.10 Å². The van der Waals surface area contributed by atoms with Crippen molar-refractivity contribution in [1.82, 2.24) is 40.3 Å². The van der Waals surface area contributed by atoms with Crippen molar-refractivity contribution in [2.45, 2.75) is 18.9 Å². The van der Waals surface area contributed by atoms with E-state index >= 15 is 0 Å². The number of hydrogen-bond acceptors (Lipinski definition) is 8. The lowest BCUT2D eigenvalue weighted by atomic mass is 10.1. The molecule has 0 aliphatic carbocycles. The molecule has 0 saturated carbocycles. The number of piperazine rings is 1. The summed E-state index contributed by atoms with van der Waals surface area (Å²) in [7, 11) is 2.16. The number of piperidine rings is 1. The van der Waals surface area contributed by atoms with E-state index in [9.17, 15) is 0 Å². The van der Waals surface area contributed by atoms with Crippen LogP contribution in [0.1, 0.15) is 12.8 Å². The molecule has 10 heteroatoms. The zero-order valence-electron chi connectivity index (χ0n) is 21.4. The molecule has 2 fully saturated rings. The number of nitrogens with one attached hydrogen (secondary N) is 3. The number of pyridine rings is 3. The minimum absolute atomic E-state index is 0.219. The predicted molar refractivity (Wildman–Crippen MR) is 148 cm³/mol. The van der Waals surface area contributed by atoms with Gasteiger partial charge in [0.1, 0.15) is 28.9 Å². The van der Waals surface area contributed by atoms with Gasteiger partial charge in [0.05, 0.1) is 28.6 Å². The molecular weight excluding hydrogens is 478 g/mol. The molecule has 7 rings (SSSR count). The maximum atomic E-state index is 6.22. The fraction of sp³-hybridized carbons (Fsp3) is 0.357. The quantitative estimate of drug-likeness (QED) is 0.330. The van der Waals surface area contributed by atoms with Gasteiger partial charge in [-0.2, -0.15) is 5.10 Å². The molecule has 10 nitrogen and oxygen atoms in total. The lowest BCUT2D eigenvalue weighted by Crippen LogP contribution is -2.44. The highest BCUT2D eigenvalue weighted by Gasteiger charge is 2.21. The van der Waals surface area contributed by atoms with E-state index in [4.69, 9.17) is 14.7 Å². The molecule has 194 valence electrons. The molecule has 0 bridgehead atoms. The largest absolute Gasteiger partial charge is 0.489 e. The van der Waals surface area contributed by atoms with Gasteiger partial charge in [-0.05, 0) is 63.3 Å². The maximum Gasteiger partial charge on any atom is 0.138 e. The number of nitrogens with zero attached hydrogens (tertiary/aromatic N) is 6. The molecule has 0 spiro atoms. The summed E-state index contributed by atoms with van der Waals surface area (Å²) in [5.41, 5.74) is 6.20. The predicted octanol–water partition coefficient (Wildman–Crippen LogP) is 3.45. The Morgan fingerprint density at radius 1 is 0.974 bits per heavy atom. The highest BCUT2D eigenvalue weighted by Crippen LogP contribution is 2.33. The molecule has 3 N–H and O–H groups in total. The lowest BCUT2D eigenvalue weighted by Gasteiger charge is -2.33. The molecule has 38 heavy (non-hydrogen) atoms. The average molecular weight is 510 g/mol. The van der Waals surface area contributed by atoms with Crippen LogP contribution >= 0.6 is 0 Å². The minimum atomic E-state index is 0.219. The first-order valence-electron chi connectivity index (χ1n) is 13.3. The van der Waals surface area contributed by atoms with Gasteiger partial charge in [0.15, 0.2) is 0 Å². The number of aromatic nitrogens is 6. The number of fused-ring (bicyclic) bond motifs is 2. The summed E-state index contributed by atoms with van der Waals surface area (Å²) in [5, 5.41) is 12.3. The van der Waals surface area contributed by atoms with Crippen molar-refractivity contribution in [3.05, 3.63) is 48.9 Å². The van der Waals surface area contributed by atoms with Gasteiger partial charge >= 0.3 is 0 Å². The summed E-state index contributed by atoms with van der Waals surface area (Å²) in [4.78, 5) is 22.5. The van der Waals surface area contributed by atoms with Crippen molar-refractivity contribution in [1.29, 1.82) is 0 Å². The SMILES string of the molecule is CN1CCN(c2nccc3[nH]c(-c4n[nH]c5ccc(-c6cncc(OC7CCNCC7)c6)nc45)cc23)CC1. The van der Waals surface area contributed by atoms with Gasteiger partial charge < -0.3 is 24.8 Å². The first kappa shape index (κ1) is 23.1. The van der Waals surface area contributed by atoms with Crippen LogP contribution in [-0.2, 0) is 0 Å². The zero-order chi connectivity index (χ0) is 25.5. The van der Waals surface area contributed by atoms with Crippen LogP contribution in [0.25, 0.3) is 44.6 Å². The van der Waals surface area contributed by atoms with Crippen LogP contribution in [0.3, 0.4) is 0 Å². The Hall–Kier alpha value is -4.02. The Morgan fingerprint density at radius 3 is 2.71 bits per heavy atom. The summed E-state index contributed by atoms with van der Waals surface area (Å²) < 4.78 is 6.22. The fourth-order valence-electron chi connectivity index (χ4n) is 5.41. The standard InChI is InChI=1S/C28H31N9O/c1-36-10-12-37(13-11-36)28-21-15-25(32-23(21)6-9-31-28)27-26-24(34-35-27)3-2-22(33-26)18-14-20(17-30-16-18)38-19-4-7-29-8-5-19/h2-3,6,9,14-17,19,29,32H,4-5,7-8,10-13H2,1H3,(H,34,35). The van der Waals surface area contributed by atoms with Crippen LogP contribution in [0, 0.1) is 0 Å². The maximum absolute atomic E-state index is 6.22. The van der Waals surface area contributed by atoms with E-state index in [1.807, 2.05) is 36.7 Å². The van der Waals surface area contributed by atoms with Crippen LogP contribution in [0.15, 0.2) is 48.9 Å². The summed E-state index contributed by atoms with van der Waals surface area (Å²) in [6.45, 7) is 5.97. The lowest BCUT2D eigenvalue weighted by molar-refractivity contribution is 0.162. The monoisotopic (exact) mass is 509 g/mol. The van der Waals surface area contributed by atoms with Gasteiger partial charge in [0, 0.05) is 49.5 Å². The van der Waals surface area contributed by atoms with Crippen molar-refractivity contribution in [3.8, 4) is 28.4 Å². The number of ether oxygens (including phenoxy) is 1. The third kappa shape index (κ3) is 4.35. The van der Waals surface area contributed by atoms with Crippen LogP contribution in [0.2, 0.25) is 0 Å². The van der Waals surface area contributed by atoms with E-state index in [2.05, 4.69) is 48.4 Å². The second kappa shape index (κ2) is 9.70. The molecule has 2 aliphatic heterocycles. The fourth-order valence-corrected chi connectivity index (χ4v) is 5.41. The minimum Gasteiger partial charge on any atom is -0.489 e. The molecule has 0 aromatic carbocycles. The topological polar surface area (TPSA) is 111 Å². The van der Waals surface area contributed by atoms with Gasteiger partial charge in [0.25, 0.3) is 0 Å². The summed E-state index contributed by atoms with van der Waals surface area (Å²) in [6, 6.07) is 10.2. The number of aromatic amines is 2. The number of rotatable bonds is 5. The second-order valence-corrected chi connectivity index (χ2v) is 10.2. The Morgan fingerprint density at radius 2 is 1.84 bits per heavy atom. The number of H-pyrrole nitrogens is 2. The van der Waals surface area contributed by atoms with Crippen LogP contribution < -0.4 is 15.0 Å². The van der Waals surface area contributed by atoms with E-state index < -0.39 is 0 Å². The molecule has 0 radical (unpaired) electrons. The first-order chi connectivity index (χ1) is 18.7. The molecule has 2 saturated heterocycles. The Balaban J connectivity index is 1.22. The Bertz CT molecular complexity index is 1580. The number of likely N-dealkylation sites (N-methyl/N-ethyl adjacent to an activating group) is 1. The van der Waals surface area contributed by atoms with Crippen LogP contribution in [0.4, 0.5) is 5.82 Å². The van der Waals surface area contributed by atoms with Crippen molar-refractivity contribution in [3.63, 3.8) is 0 Å². The number of anilines is 1. The van der Waals surface area contributed by atoms with Crippen molar-refractivity contribution in [2.24, 2.45) is 0 Å². The Kier molecular flexibility index (Phi) is 5.90. The molecule has 7 heterocycles. The molecule has 2 aliphatic rings. The second-order valence-electron chi connectivity index (χ2n) is 10.2. The summed E-state index contributed by atoms with van der Waals surface area (Å²) in [6.07, 6.45) is 7.72. The molecule has 0 amide bonds. The third-order valence-corrected chi connectivity index (χ3v) is 7.59. The summed E-state index contributed by atoms with van der Waals surface area (Å²) >= 11 is 0. The molecule has 0 atom stereocenters. The average Bonchev–Trinajstić information content (AvgIpc) is 3.58. The third-order valence-electron chi connectivity index (χ3n) is 7.59. The van der Waals surface area contributed by atoms with Crippen LogP contribution in [-0.4, -0.2) is 87.5 Å². The van der Waals surface area contributed by atoms with Gasteiger partial charge in [0.2, 0.25) is 0 Å². The van der Waals surface area contributed by atoms with Gasteiger partial charge in [-0.15, -0.1) is 0 Å². The van der Waals surface area contributed by atoms with E-state index in [1.165, 1.54) is 0 Å². The van der Waals surface area contributed by atoms with Gasteiger partial charge in [-0.3, -0.25) is 10.1 Å². The highest BCUT2D eigenvalue weighted by atomic mass is 16.5. The van der Waals surface area contributed by atoms with Crippen LogP contribution in [0.5, 0.6) is 5.75 Å². The number of hydrogen-bond donors (Lipinski definition) is 3. The first-order valence-corrected chi connectivity index (χ1v) is 13.3. The molecule has 0 unspecified atom stereocenters. The smallest absolute Gasteiger partial charge is 0.138 e. The molecule has 5 aromatic rings. The van der Waals surface area contributed by atoms with Crippen molar-refractivity contribution >= 4 is 27.8 Å². The molecular formula is C28H31N9O. The highest BCUT2D eigenvalue weighted by molar-refractivity contribution is 5.98. The van der Waals surface area contributed by atoms with E-state index in [0.717, 1.165) is 108 Å². The molecule has 5 aromatic heterocycles. The summed E-state index contributed by atoms with van der Waals surface area (Å²) in [5.74, 6) is 1.80. The van der Waals surface area contributed by atoms with Gasteiger partial charge in [-0.25, -0.2) is 9.97 Å². The Labute approximate surface area is 220 Å². The van der Waals surface area contributed by atoms with Gasteiger partial charge in [-0.1, -0.05) is 0 Å². The normalized spacial score (nSPS) is 17.4. The van der Waals surface area contributed by atoms with Crippen molar-refractivity contribution < 1.29 is 4.74 Å².